The maximum absolute atomic E-state index is 3.95. The summed E-state index contributed by atoms with van der Waals surface area (Å²) < 4.78 is 0. The first-order valence-electron chi connectivity index (χ1n) is 8.22. The summed E-state index contributed by atoms with van der Waals surface area (Å²) in [5.41, 5.74) is 0. The summed E-state index contributed by atoms with van der Waals surface area (Å²) in [6, 6.07) is 0. The van der Waals surface area contributed by atoms with Gasteiger partial charge in [-0.05, 0) is 5.92 Å². The van der Waals surface area contributed by atoms with Crippen molar-refractivity contribution >= 4 is 0 Å². The molecule has 1 aliphatic rings. The molecule has 0 aliphatic heterocycles. The molecule has 0 spiro atoms. The smallest absolute Gasteiger partial charge is 0.0414 e. The molecule has 17 heavy (non-hydrogen) atoms. The van der Waals surface area contributed by atoms with Crippen molar-refractivity contribution in [2.24, 2.45) is 5.92 Å². The zero-order valence-electron chi connectivity index (χ0n) is 11.9. The normalized spacial score (nSPS) is 21.7. The average Bonchev–Trinajstić information content (AvgIpc) is 2.32. The summed E-state index contributed by atoms with van der Waals surface area (Å²) in [6.45, 7) is 3.95. The molecule has 0 bridgehead atoms. The summed E-state index contributed by atoms with van der Waals surface area (Å²) in [5, 5.41) is 0. The number of hydrogen-bond acceptors (Lipinski definition) is 0. The van der Waals surface area contributed by atoms with Gasteiger partial charge in [0, 0.05) is 0 Å². The van der Waals surface area contributed by atoms with E-state index >= 15 is 0 Å². The maximum Gasteiger partial charge on any atom is -0.0414 e. The van der Waals surface area contributed by atoms with Crippen molar-refractivity contribution in [2.75, 3.05) is 0 Å². The van der Waals surface area contributed by atoms with E-state index in [4.69, 9.17) is 0 Å². The topological polar surface area (TPSA) is 0 Å². The van der Waals surface area contributed by atoms with Crippen LogP contribution in [0.25, 0.3) is 0 Å². The third-order valence-electron chi connectivity index (χ3n) is 4.34. The quantitative estimate of drug-likeness (QED) is 0.503. The second-order valence-electron chi connectivity index (χ2n) is 5.97. The van der Waals surface area contributed by atoms with Gasteiger partial charge in [-0.25, -0.2) is 0 Å². The van der Waals surface area contributed by atoms with Crippen LogP contribution in [0.5, 0.6) is 0 Å². The number of hydrogen-bond donors (Lipinski definition) is 0. The highest BCUT2D eigenvalue weighted by atomic mass is 14.1. The zero-order valence-corrected chi connectivity index (χ0v) is 11.9. The summed E-state index contributed by atoms with van der Waals surface area (Å²) in [6.07, 6.45) is 21.8. The Balaban J connectivity index is 2.17. The van der Waals surface area contributed by atoms with Gasteiger partial charge in [0.25, 0.3) is 0 Å². The highest BCUT2D eigenvalue weighted by Crippen LogP contribution is 2.25. The molecule has 0 atom stereocenters. The second kappa shape index (κ2) is 11.1. The Morgan fingerprint density at radius 3 is 1.59 bits per heavy atom. The molecule has 0 saturated heterocycles. The van der Waals surface area contributed by atoms with Crippen LogP contribution in [0.2, 0.25) is 0 Å². The van der Waals surface area contributed by atoms with E-state index in [9.17, 15) is 0 Å². The molecule has 0 unspecified atom stereocenters. The summed E-state index contributed by atoms with van der Waals surface area (Å²) in [5.74, 6) is 1.04. The summed E-state index contributed by atoms with van der Waals surface area (Å²) in [7, 11) is 0. The lowest BCUT2D eigenvalue weighted by atomic mass is 9.89. The number of rotatable bonds is 4. The van der Waals surface area contributed by atoms with Gasteiger partial charge in [0.05, 0.1) is 0 Å². The van der Waals surface area contributed by atoms with Crippen LogP contribution in [0.1, 0.15) is 96.3 Å². The third kappa shape index (κ3) is 8.69. The molecule has 0 nitrogen and oxygen atoms in total. The van der Waals surface area contributed by atoms with E-state index in [0.29, 0.717) is 0 Å². The van der Waals surface area contributed by atoms with E-state index in [-0.39, 0.29) is 0 Å². The summed E-state index contributed by atoms with van der Waals surface area (Å²) in [4.78, 5) is 0. The lowest BCUT2D eigenvalue weighted by Crippen LogP contribution is -2.02. The van der Waals surface area contributed by atoms with E-state index in [1.807, 2.05) is 0 Å². The van der Waals surface area contributed by atoms with Gasteiger partial charge in [-0.2, -0.15) is 0 Å². The lowest BCUT2D eigenvalue weighted by Gasteiger charge is -2.17. The Hall–Kier alpha value is 0. The minimum atomic E-state index is 1.04. The highest BCUT2D eigenvalue weighted by Gasteiger charge is 2.08. The van der Waals surface area contributed by atoms with Crippen LogP contribution < -0.4 is 0 Å². The van der Waals surface area contributed by atoms with Gasteiger partial charge >= 0.3 is 0 Å². The van der Waals surface area contributed by atoms with Crippen LogP contribution in [0.3, 0.4) is 0 Å². The maximum atomic E-state index is 3.95. The molecular formula is C17H33. The predicted octanol–water partition coefficient (Wildman–Crippen LogP) is 6.30. The molecule has 0 aromatic rings. The molecule has 1 rings (SSSR count). The fourth-order valence-electron chi connectivity index (χ4n) is 3.15. The Morgan fingerprint density at radius 2 is 1.12 bits per heavy atom. The monoisotopic (exact) mass is 237 g/mol. The van der Waals surface area contributed by atoms with E-state index < -0.39 is 0 Å². The van der Waals surface area contributed by atoms with Gasteiger partial charge in [0.2, 0.25) is 0 Å². The summed E-state index contributed by atoms with van der Waals surface area (Å²) >= 11 is 0. The van der Waals surface area contributed by atoms with Gasteiger partial charge in [-0.3, -0.25) is 0 Å². The van der Waals surface area contributed by atoms with Crippen LogP contribution in [-0.4, -0.2) is 0 Å². The zero-order chi connectivity index (χ0) is 12.2. The SMILES string of the molecule is [CH2]CCCCC1CCCCCCCCCCC1. The van der Waals surface area contributed by atoms with Crippen molar-refractivity contribution in [3.05, 3.63) is 6.92 Å². The van der Waals surface area contributed by atoms with Crippen LogP contribution in [0.15, 0.2) is 0 Å². The van der Waals surface area contributed by atoms with E-state index in [1.165, 1.54) is 89.9 Å². The Morgan fingerprint density at radius 1 is 0.647 bits per heavy atom. The molecule has 0 aromatic carbocycles. The Bertz CT molecular complexity index is 138. The van der Waals surface area contributed by atoms with E-state index in [1.54, 1.807) is 0 Å². The molecule has 1 saturated carbocycles. The van der Waals surface area contributed by atoms with Crippen LogP contribution >= 0.6 is 0 Å². The van der Waals surface area contributed by atoms with E-state index in [0.717, 1.165) is 12.3 Å². The van der Waals surface area contributed by atoms with Crippen molar-refractivity contribution < 1.29 is 0 Å². The molecule has 0 N–H and O–H groups in total. The van der Waals surface area contributed by atoms with Crippen LogP contribution in [0.4, 0.5) is 0 Å². The largest absolute Gasteiger partial charge is 0.0533 e. The van der Waals surface area contributed by atoms with Crippen molar-refractivity contribution in [2.45, 2.75) is 96.3 Å². The molecule has 1 aliphatic carbocycles. The van der Waals surface area contributed by atoms with Crippen LogP contribution in [-0.2, 0) is 0 Å². The standard InChI is InChI=1S/C17H33/c1-2-3-11-14-17-15-12-9-7-5-4-6-8-10-13-16-17/h17H,1-16H2. The first-order valence-corrected chi connectivity index (χ1v) is 8.22. The van der Waals surface area contributed by atoms with Gasteiger partial charge in [0.1, 0.15) is 0 Å². The lowest BCUT2D eigenvalue weighted by molar-refractivity contribution is 0.363. The molecule has 0 aromatic heterocycles. The third-order valence-corrected chi connectivity index (χ3v) is 4.34. The molecule has 0 heteroatoms. The highest BCUT2D eigenvalue weighted by molar-refractivity contribution is 4.62. The van der Waals surface area contributed by atoms with Crippen LogP contribution in [0, 0.1) is 12.8 Å². The molecular weight excluding hydrogens is 204 g/mol. The van der Waals surface area contributed by atoms with Crippen molar-refractivity contribution in [1.82, 2.24) is 0 Å². The first-order chi connectivity index (χ1) is 8.43. The van der Waals surface area contributed by atoms with Crippen molar-refractivity contribution in [1.29, 1.82) is 0 Å². The molecule has 0 amide bonds. The minimum absolute atomic E-state index is 1.04. The first kappa shape index (κ1) is 15.1. The van der Waals surface area contributed by atoms with E-state index in [2.05, 4.69) is 6.92 Å². The molecule has 1 radical (unpaired) electrons. The second-order valence-corrected chi connectivity index (χ2v) is 5.97. The van der Waals surface area contributed by atoms with Crippen molar-refractivity contribution in [3.8, 4) is 0 Å². The molecule has 0 heterocycles. The fraction of sp³-hybridized carbons (Fsp3) is 0.941. The van der Waals surface area contributed by atoms with Gasteiger partial charge in [-0.15, -0.1) is 0 Å². The predicted molar refractivity (Wildman–Crippen MR) is 78.1 cm³/mol. The van der Waals surface area contributed by atoms with Crippen molar-refractivity contribution in [3.63, 3.8) is 0 Å². The van der Waals surface area contributed by atoms with Gasteiger partial charge in [0.15, 0.2) is 0 Å². The molecule has 1 fully saturated rings. The fourth-order valence-corrected chi connectivity index (χ4v) is 3.15. The Labute approximate surface area is 110 Å². The minimum Gasteiger partial charge on any atom is -0.0533 e. The van der Waals surface area contributed by atoms with Gasteiger partial charge in [-0.1, -0.05) is 103 Å². The molecule has 101 valence electrons. The number of unbranched alkanes of at least 4 members (excludes halogenated alkanes) is 2. The average molecular weight is 237 g/mol. The van der Waals surface area contributed by atoms with Gasteiger partial charge < -0.3 is 0 Å². The Kier molecular flexibility index (Phi) is 9.84.